The van der Waals surface area contributed by atoms with Crippen molar-refractivity contribution < 1.29 is 14.6 Å². The molecule has 1 aliphatic heterocycles. The van der Waals surface area contributed by atoms with Gasteiger partial charge in [-0.05, 0) is 35.7 Å². The molecule has 0 bridgehead atoms. The molecule has 0 unspecified atom stereocenters. The maximum Gasteiger partial charge on any atom is 0.341 e. The first kappa shape index (κ1) is 18.2. The number of rotatable bonds is 5. The number of nitrogens with one attached hydrogen (secondary N) is 1. The Kier molecular flexibility index (Phi) is 5.11. The first-order chi connectivity index (χ1) is 12.4. The lowest BCUT2D eigenvalue weighted by atomic mass is 10.0. The third-order valence-corrected chi connectivity index (χ3v) is 4.87. The van der Waals surface area contributed by atoms with Gasteiger partial charge in [-0.1, -0.05) is 19.1 Å². The summed E-state index contributed by atoms with van der Waals surface area (Å²) in [5, 5.41) is 9.12. The molecule has 2 atom stereocenters. The third-order valence-electron chi connectivity index (χ3n) is 4.87. The van der Waals surface area contributed by atoms with Crippen LogP contribution < -0.4 is 16.2 Å². The van der Waals surface area contributed by atoms with E-state index in [1.165, 1.54) is 6.07 Å². The fraction of sp³-hybridized carbons (Fsp3) is 0.368. The van der Waals surface area contributed by atoms with Crippen LogP contribution in [0.15, 0.2) is 35.1 Å². The largest absolute Gasteiger partial charge is 0.477 e. The summed E-state index contributed by atoms with van der Waals surface area (Å²) in [7, 11) is 1.67. The van der Waals surface area contributed by atoms with Crippen molar-refractivity contribution in [2.75, 3.05) is 25.1 Å². The molecule has 0 aliphatic carbocycles. The lowest BCUT2D eigenvalue weighted by molar-refractivity contribution is 0.0695. The van der Waals surface area contributed by atoms with Gasteiger partial charge < -0.3 is 25.5 Å². The summed E-state index contributed by atoms with van der Waals surface area (Å²) in [6.45, 7) is 3.39. The number of hydrogen-bond acceptors (Lipinski definition) is 5. The second-order valence-electron chi connectivity index (χ2n) is 6.46. The Balaban J connectivity index is 1.91. The Hall–Kier alpha value is -2.64. The molecule has 1 fully saturated rings. The van der Waals surface area contributed by atoms with Crippen molar-refractivity contribution in [1.82, 2.24) is 4.98 Å². The number of nitrogens with zero attached hydrogens (tertiary/aromatic N) is 1. The van der Waals surface area contributed by atoms with Crippen LogP contribution in [0.3, 0.4) is 0 Å². The van der Waals surface area contributed by atoms with Crippen LogP contribution >= 0.6 is 0 Å². The van der Waals surface area contributed by atoms with E-state index in [0.29, 0.717) is 12.1 Å². The van der Waals surface area contributed by atoms with Crippen molar-refractivity contribution in [3.05, 3.63) is 51.8 Å². The molecular weight excluding hydrogens is 334 g/mol. The van der Waals surface area contributed by atoms with Gasteiger partial charge in [0.25, 0.3) is 5.56 Å². The molecular formula is C19H23N3O4. The first-order valence-corrected chi connectivity index (χ1v) is 8.57. The molecule has 2 heterocycles. The van der Waals surface area contributed by atoms with Crippen LogP contribution in [0.1, 0.15) is 22.8 Å². The smallest absolute Gasteiger partial charge is 0.341 e. The van der Waals surface area contributed by atoms with Crippen molar-refractivity contribution in [3.8, 4) is 11.3 Å². The highest BCUT2D eigenvalue weighted by Gasteiger charge is 2.30. The summed E-state index contributed by atoms with van der Waals surface area (Å²) in [5.41, 5.74) is 8.56. The van der Waals surface area contributed by atoms with Gasteiger partial charge in [0.2, 0.25) is 0 Å². The van der Waals surface area contributed by atoms with Crippen LogP contribution in [0.2, 0.25) is 0 Å². The summed E-state index contributed by atoms with van der Waals surface area (Å²) in [4.78, 5) is 28.1. The highest BCUT2D eigenvalue weighted by Crippen LogP contribution is 2.27. The van der Waals surface area contributed by atoms with Crippen molar-refractivity contribution >= 4 is 11.7 Å². The Bertz CT molecular complexity index is 860. The van der Waals surface area contributed by atoms with E-state index in [-0.39, 0.29) is 17.7 Å². The maximum absolute atomic E-state index is 12.0. The summed E-state index contributed by atoms with van der Waals surface area (Å²) in [6, 6.07) is 9.22. The van der Waals surface area contributed by atoms with Gasteiger partial charge in [-0.25, -0.2) is 4.79 Å². The molecule has 138 valence electrons. The Morgan fingerprint density at radius 2 is 2.04 bits per heavy atom. The Labute approximate surface area is 151 Å². The zero-order valence-corrected chi connectivity index (χ0v) is 14.9. The number of anilines is 1. The van der Waals surface area contributed by atoms with Gasteiger partial charge in [-0.15, -0.1) is 0 Å². The van der Waals surface area contributed by atoms with Gasteiger partial charge in [0, 0.05) is 25.9 Å². The molecule has 0 radical (unpaired) electrons. The molecule has 3 rings (SSSR count). The zero-order valence-electron chi connectivity index (χ0n) is 14.9. The minimum Gasteiger partial charge on any atom is -0.477 e. The maximum atomic E-state index is 12.0. The highest BCUT2D eigenvalue weighted by atomic mass is 16.5. The number of benzene rings is 1. The molecule has 2 aromatic rings. The standard InChI is InChI=1S/C19H23N3O4/c1-3-11-8-14(19(24)25)18(23)21-17(11)12-4-6-13(7-5-12)22-9-15(20)16(10-22)26-2/h4-8,15-16H,3,9-10,20H2,1-2H3,(H,21,23)(H,24,25)/t15-,16-/m1/s1. The van der Waals surface area contributed by atoms with E-state index in [1.807, 2.05) is 31.2 Å². The molecule has 7 heteroatoms. The van der Waals surface area contributed by atoms with E-state index in [4.69, 9.17) is 15.6 Å². The van der Waals surface area contributed by atoms with E-state index in [0.717, 1.165) is 29.9 Å². The monoisotopic (exact) mass is 357 g/mol. The van der Waals surface area contributed by atoms with Crippen LogP contribution in [0.5, 0.6) is 0 Å². The van der Waals surface area contributed by atoms with Gasteiger partial charge >= 0.3 is 5.97 Å². The molecule has 1 aromatic heterocycles. The number of aromatic carboxylic acids is 1. The van der Waals surface area contributed by atoms with Crippen molar-refractivity contribution in [2.24, 2.45) is 5.73 Å². The SMILES string of the molecule is CCc1cc(C(=O)O)c(=O)[nH]c1-c1ccc(N2C[C@@H](N)[C@H](OC)C2)cc1. The normalized spacial score (nSPS) is 19.7. The predicted molar refractivity (Wildman–Crippen MR) is 99.8 cm³/mol. The van der Waals surface area contributed by atoms with E-state index in [9.17, 15) is 9.59 Å². The van der Waals surface area contributed by atoms with Crippen molar-refractivity contribution in [3.63, 3.8) is 0 Å². The molecule has 0 saturated carbocycles. The summed E-state index contributed by atoms with van der Waals surface area (Å²) in [5.74, 6) is -1.22. The lowest BCUT2D eigenvalue weighted by Crippen LogP contribution is -2.34. The van der Waals surface area contributed by atoms with Crippen LogP contribution in [0, 0.1) is 0 Å². The molecule has 0 amide bonds. The highest BCUT2D eigenvalue weighted by molar-refractivity contribution is 5.88. The van der Waals surface area contributed by atoms with Crippen LogP contribution in [0.25, 0.3) is 11.3 Å². The van der Waals surface area contributed by atoms with Crippen LogP contribution in [-0.2, 0) is 11.2 Å². The van der Waals surface area contributed by atoms with Gasteiger partial charge in [0.1, 0.15) is 5.56 Å². The average molecular weight is 357 g/mol. The molecule has 1 aliphatic rings. The number of pyridine rings is 1. The number of aromatic nitrogens is 1. The second kappa shape index (κ2) is 7.31. The van der Waals surface area contributed by atoms with E-state index < -0.39 is 11.5 Å². The minimum absolute atomic E-state index is 0.0151. The zero-order chi connectivity index (χ0) is 18.8. The van der Waals surface area contributed by atoms with E-state index in [2.05, 4.69) is 9.88 Å². The lowest BCUT2D eigenvalue weighted by Gasteiger charge is -2.19. The minimum atomic E-state index is -1.22. The topological polar surface area (TPSA) is 109 Å². The number of ether oxygens (including phenoxy) is 1. The number of aromatic amines is 1. The first-order valence-electron chi connectivity index (χ1n) is 8.57. The number of carboxylic acids is 1. The van der Waals surface area contributed by atoms with Crippen molar-refractivity contribution in [2.45, 2.75) is 25.5 Å². The summed E-state index contributed by atoms with van der Waals surface area (Å²) in [6.07, 6.45) is 0.631. The van der Waals surface area contributed by atoms with Crippen molar-refractivity contribution in [1.29, 1.82) is 0 Å². The van der Waals surface area contributed by atoms with Gasteiger partial charge in [0.15, 0.2) is 0 Å². The predicted octanol–water partition coefficient (Wildman–Crippen LogP) is 1.46. The number of carbonyl (C=O) groups is 1. The number of H-pyrrole nitrogens is 1. The van der Waals surface area contributed by atoms with Gasteiger partial charge in [-0.2, -0.15) is 0 Å². The molecule has 26 heavy (non-hydrogen) atoms. The van der Waals surface area contributed by atoms with Crippen LogP contribution in [-0.4, -0.2) is 48.4 Å². The van der Waals surface area contributed by atoms with E-state index >= 15 is 0 Å². The fourth-order valence-corrected chi connectivity index (χ4v) is 3.37. The molecule has 4 N–H and O–H groups in total. The Morgan fingerprint density at radius 1 is 1.35 bits per heavy atom. The second-order valence-corrected chi connectivity index (χ2v) is 6.46. The summed E-state index contributed by atoms with van der Waals surface area (Å²) < 4.78 is 5.39. The summed E-state index contributed by atoms with van der Waals surface area (Å²) >= 11 is 0. The van der Waals surface area contributed by atoms with Gasteiger partial charge in [-0.3, -0.25) is 4.79 Å². The fourth-order valence-electron chi connectivity index (χ4n) is 3.37. The quantitative estimate of drug-likeness (QED) is 0.748. The average Bonchev–Trinajstić information content (AvgIpc) is 3.02. The van der Waals surface area contributed by atoms with Gasteiger partial charge in [0.05, 0.1) is 17.8 Å². The number of hydrogen-bond donors (Lipinski definition) is 3. The molecule has 7 nitrogen and oxygen atoms in total. The third kappa shape index (κ3) is 3.36. The number of aryl methyl sites for hydroxylation is 1. The molecule has 1 aromatic carbocycles. The Morgan fingerprint density at radius 3 is 2.58 bits per heavy atom. The van der Waals surface area contributed by atoms with Crippen LogP contribution in [0.4, 0.5) is 5.69 Å². The number of nitrogens with two attached hydrogens (primary N) is 1. The number of carboxylic acid groups (broad SMARTS) is 1. The number of methoxy groups -OCH3 is 1. The molecule has 1 saturated heterocycles. The van der Waals surface area contributed by atoms with E-state index in [1.54, 1.807) is 7.11 Å². The molecule has 0 spiro atoms.